The van der Waals surface area contributed by atoms with Crippen LogP contribution >= 0.6 is 11.3 Å². The van der Waals surface area contributed by atoms with Crippen LogP contribution in [0.3, 0.4) is 0 Å². The highest BCUT2D eigenvalue weighted by atomic mass is 32.2. The van der Waals surface area contributed by atoms with E-state index in [9.17, 15) is 13.2 Å². The second-order valence-electron chi connectivity index (χ2n) is 7.00. The van der Waals surface area contributed by atoms with Crippen molar-refractivity contribution in [2.24, 2.45) is 0 Å². The number of thiazole rings is 1. The van der Waals surface area contributed by atoms with Crippen LogP contribution in [-0.4, -0.2) is 25.9 Å². The Morgan fingerprint density at radius 2 is 1.81 bits per heavy atom. The van der Waals surface area contributed by atoms with Gasteiger partial charge in [0.05, 0.1) is 33.0 Å². The second-order valence-corrected chi connectivity index (χ2v) is 9.71. The normalized spacial score (nSPS) is 11.3. The van der Waals surface area contributed by atoms with E-state index in [1.165, 1.54) is 23.5 Å². The molecule has 9 heteroatoms. The first-order valence-electron chi connectivity index (χ1n) is 9.89. The monoisotopic (exact) mass is 467 g/mol. The minimum absolute atomic E-state index is 0.0673. The van der Waals surface area contributed by atoms with Crippen LogP contribution in [0, 0.1) is 6.92 Å². The van der Waals surface area contributed by atoms with Gasteiger partial charge >= 0.3 is 0 Å². The lowest BCUT2D eigenvalue weighted by Crippen LogP contribution is -2.18. The molecule has 32 heavy (non-hydrogen) atoms. The summed E-state index contributed by atoms with van der Waals surface area (Å²) in [6.07, 6.45) is 0. The fourth-order valence-electron chi connectivity index (χ4n) is 3.11. The third kappa shape index (κ3) is 4.74. The van der Waals surface area contributed by atoms with E-state index in [-0.39, 0.29) is 16.1 Å². The van der Waals surface area contributed by atoms with E-state index in [0.29, 0.717) is 17.5 Å². The summed E-state index contributed by atoms with van der Waals surface area (Å²) >= 11 is 1.36. The summed E-state index contributed by atoms with van der Waals surface area (Å²) in [4.78, 5) is 17.4. The van der Waals surface area contributed by atoms with Gasteiger partial charge in [0.1, 0.15) is 5.75 Å². The number of nitrogens with one attached hydrogen (secondary N) is 2. The molecule has 2 N–H and O–H groups in total. The number of sulfonamides is 1. The number of carbonyl (C=O) groups is 1. The average Bonchev–Trinajstić information content (AvgIpc) is 3.15. The number of fused-ring (bicyclic) bond motifs is 1. The van der Waals surface area contributed by atoms with Gasteiger partial charge < -0.3 is 4.74 Å². The highest BCUT2D eigenvalue weighted by Crippen LogP contribution is 2.28. The topological polar surface area (TPSA) is 97.4 Å². The maximum atomic E-state index is 12.9. The lowest BCUT2D eigenvalue weighted by Gasteiger charge is -2.12. The number of aryl methyl sites for hydroxylation is 1. The van der Waals surface area contributed by atoms with Crippen LogP contribution in [0.15, 0.2) is 71.6 Å². The Hall–Kier alpha value is -3.43. The summed E-state index contributed by atoms with van der Waals surface area (Å²) in [6, 6.07) is 18.4. The minimum atomic E-state index is -3.90. The number of amides is 1. The summed E-state index contributed by atoms with van der Waals surface area (Å²) < 4.78 is 34.5. The number of hydrogen-bond acceptors (Lipinski definition) is 6. The smallest absolute Gasteiger partial charge is 0.261 e. The van der Waals surface area contributed by atoms with Crippen LogP contribution in [0.2, 0.25) is 0 Å². The number of nitrogens with zero attached hydrogens (tertiary/aromatic N) is 1. The first-order valence-corrected chi connectivity index (χ1v) is 12.2. The molecule has 0 radical (unpaired) electrons. The predicted molar refractivity (Wildman–Crippen MR) is 127 cm³/mol. The number of para-hydroxylation sites is 1. The van der Waals surface area contributed by atoms with Gasteiger partial charge in [-0.3, -0.25) is 14.8 Å². The summed E-state index contributed by atoms with van der Waals surface area (Å²) in [5.41, 5.74) is 2.27. The molecule has 1 amide bonds. The Morgan fingerprint density at radius 1 is 1.06 bits per heavy atom. The van der Waals surface area contributed by atoms with Crippen LogP contribution in [0.25, 0.3) is 10.2 Å². The molecule has 7 nitrogen and oxygen atoms in total. The largest absolute Gasteiger partial charge is 0.494 e. The molecule has 0 bridgehead atoms. The molecule has 0 unspecified atom stereocenters. The van der Waals surface area contributed by atoms with Crippen molar-refractivity contribution in [3.63, 3.8) is 0 Å². The molecule has 4 aromatic rings. The number of rotatable bonds is 7. The summed E-state index contributed by atoms with van der Waals surface area (Å²) in [5, 5.41) is 3.22. The van der Waals surface area contributed by atoms with Crippen molar-refractivity contribution in [3.8, 4) is 5.75 Å². The predicted octanol–water partition coefficient (Wildman–Crippen LogP) is 5.06. The number of carbonyl (C=O) groups excluding carboxylic acids is 1. The Labute approximate surface area is 190 Å². The van der Waals surface area contributed by atoms with Crippen molar-refractivity contribution >= 4 is 48.3 Å². The molecule has 0 aliphatic carbocycles. The maximum Gasteiger partial charge on any atom is 0.261 e. The van der Waals surface area contributed by atoms with Crippen LogP contribution in [0.4, 0.5) is 10.8 Å². The average molecular weight is 468 g/mol. The molecule has 1 heterocycles. The molecule has 3 aromatic carbocycles. The molecule has 0 fully saturated rings. The fraction of sp³-hybridized carbons (Fsp3) is 0.130. The minimum Gasteiger partial charge on any atom is -0.494 e. The lowest BCUT2D eigenvalue weighted by molar-refractivity contribution is 0.102. The van der Waals surface area contributed by atoms with E-state index < -0.39 is 15.9 Å². The fourth-order valence-corrected chi connectivity index (χ4v) is 5.14. The number of aromatic nitrogens is 1. The van der Waals surface area contributed by atoms with Crippen molar-refractivity contribution in [2.75, 3.05) is 16.6 Å². The molecular formula is C23H21N3O4S2. The Morgan fingerprint density at radius 3 is 2.56 bits per heavy atom. The van der Waals surface area contributed by atoms with Gasteiger partial charge in [-0.1, -0.05) is 29.5 Å². The molecular weight excluding hydrogens is 446 g/mol. The molecule has 0 aliphatic rings. The van der Waals surface area contributed by atoms with Crippen LogP contribution < -0.4 is 14.8 Å². The molecule has 164 valence electrons. The van der Waals surface area contributed by atoms with E-state index >= 15 is 0 Å². The zero-order chi connectivity index (χ0) is 22.7. The zero-order valence-corrected chi connectivity index (χ0v) is 19.1. The number of ether oxygens (including phenoxy) is 1. The lowest BCUT2D eigenvalue weighted by atomic mass is 10.2. The maximum absolute atomic E-state index is 12.9. The van der Waals surface area contributed by atoms with Gasteiger partial charge in [0.2, 0.25) is 0 Å². The first-order chi connectivity index (χ1) is 15.4. The quantitative estimate of drug-likeness (QED) is 0.396. The first kappa shape index (κ1) is 21.8. The zero-order valence-electron chi connectivity index (χ0n) is 17.5. The van der Waals surface area contributed by atoms with Gasteiger partial charge in [-0.15, -0.1) is 0 Å². The van der Waals surface area contributed by atoms with Crippen LogP contribution in [0.1, 0.15) is 22.8 Å². The highest BCUT2D eigenvalue weighted by Gasteiger charge is 2.19. The van der Waals surface area contributed by atoms with Crippen molar-refractivity contribution in [1.29, 1.82) is 0 Å². The van der Waals surface area contributed by atoms with E-state index in [0.717, 1.165) is 15.8 Å². The summed E-state index contributed by atoms with van der Waals surface area (Å²) in [7, 11) is -3.90. The van der Waals surface area contributed by atoms with E-state index in [2.05, 4.69) is 15.0 Å². The van der Waals surface area contributed by atoms with Gasteiger partial charge in [0, 0.05) is 0 Å². The van der Waals surface area contributed by atoms with Crippen LogP contribution in [0.5, 0.6) is 5.75 Å². The molecule has 0 saturated heterocycles. The van der Waals surface area contributed by atoms with E-state index in [1.807, 2.05) is 32.0 Å². The third-order valence-corrected chi connectivity index (χ3v) is 6.94. The summed E-state index contributed by atoms with van der Waals surface area (Å²) in [6.45, 7) is 4.33. The Kier molecular flexibility index (Phi) is 6.11. The standard InChI is InChI=1S/C23H21N3O4S2/c1-3-30-16-9-11-17(12-10-16)32(28,29)26-19-7-5-4-6-18(19)22(27)25-23-24-20-13-8-15(2)14-21(20)31-23/h4-14,26H,3H2,1-2H3,(H,24,25,27). The highest BCUT2D eigenvalue weighted by molar-refractivity contribution is 7.92. The van der Waals surface area contributed by atoms with Gasteiger partial charge in [0.15, 0.2) is 5.13 Å². The van der Waals surface area contributed by atoms with Crippen molar-refractivity contribution in [1.82, 2.24) is 4.98 Å². The SMILES string of the molecule is CCOc1ccc(S(=O)(=O)Nc2ccccc2C(=O)Nc2nc3ccc(C)cc3s2)cc1. The number of hydrogen-bond donors (Lipinski definition) is 2. The second kappa shape index (κ2) is 8.97. The van der Waals surface area contributed by atoms with Gasteiger partial charge in [-0.2, -0.15) is 0 Å². The molecule has 0 atom stereocenters. The molecule has 4 rings (SSSR count). The summed E-state index contributed by atoms with van der Waals surface area (Å²) in [5.74, 6) is 0.128. The molecule has 0 saturated carbocycles. The van der Waals surface area contributed by atoms with Gasteiger partial charge in [-0.25, -0.2) is 13.4 Å². The van der Waals surface area contributed by atoms with Gasteiger partial charge in [0.25, 0.3) is 15.9 Å². The van der Waals surface area contributed by atoms with Crippen LogP contribution in [-0.2, 0) is 10.0 Å². The number of benzene rings is 3. The molecule has 0 aliphatic heterocycles. The van der Waals surface area contributed by atoms with E-state index in [4.69, 9.17) is 4.74 Å². The third-order valence-electron chi connectivity index (χ3n) is 4.63. The molecule has 0 spiro atoms. The van der Waals surface area contributed by atoms with Crippen molar-refractivity contribution in [2.45, 2.75) is 18.7 Å². The van der Waals surface area contributed by atoms with Crippen molar-refractivity contribution in [3.05, 3.63) is 77.9 Å². The number of anilines is 2. The van der Waals surface area contributed by atoms with Gasteiger partial charge in [-0.05, 0) is 67.9 Å². The molecule has 1 aromatic heterocycles. The van der Waals surface area contributed by atoms with E-state index in [1.54, 1.807) is 36.4 Å². The Balaban J connectivity index is 1.56. The Bertz CT molecular complexity index is 1380. The van der Waals surface area contributed by atoms with Crippen molar-refractivity contribution < 1.29 is 17.9 Å².